The molecule has 48 heavy (non-hydrogen) atoms. The number of nitrogens with zero attached hydrogens (tertiary/aromatic N) is 5. The fourth-order valence-corrected chi connectivity index (χ4v) is 6.20. The van der Waals surface area contributed by atoms with Crippen LogP contribution in [0.3, 0.4) is 0 Å². The summed E-state index contributed by atoms with van der Waals surface area (Å²) in [5.74, 6) is -0.579. The number of alkyl halides is 3. The predicted octanol–water partition coefficient (Wildman–Crippen LogP) is 5.20. The summed E-state index contributed by atoms with van der Waals surface area (Å²) in [5, 5.41) is 0. The third kappa shape index (κ3) is 6.83. The number of nitrogens with two attached hydrogens (primary N) is 1. The average Bonchev–Trinajstić information content (AvgIpc) is 3.62. The van der Waals surface area contributed by atoms with Crippen molar-refractivity contribution in [1.29, 1.82) is 0 Å². The Morgan fingerprint density at radius 1 is 0.917 bits per heavy atom. The molecule has 1 fully saturated rings. The molecular weight excluding hydrogens is 628 g/mol. The standard InChI is InChI=1S/C35H34F4N6O3/c1-23-31(43-16-14-42(15-17-43)20-24-7-5-10-26(19-24)32-41-13-18-48-32)33(46)45(22-30(40)25-8-3-2-4-9-25)34(47)44(23)21-27-28(35(37,38)39)11-6-12-29(27)36/h2-13,18-19,30H,14-17,20-22,40H2,1H3/t30-/m1/s1. The maximum atomic E-state index is 15.0. The highest BCUT2D eigenvalue weighted by Gasteiger charge is 2.35. The van der Waals surface area contributed by atoms with Gasteiger partial charge in [-0.15, -0.1) is 0 Å². The van der Waals surface area contributed by atoms with E-state index in [2.05, 4.69) is 9.88 Å². The minimum absolute atomic E-state index is 0.151. The molecule has 1 saturated heterocycles. The molecule has 0 aliphatic carbocycles. The third-order valence-corrected chi connectivity index (χ3v) is 8.71. The zero-order chi connectivity index (χ0) is 34.0. The van der Waals surface area contributed by atoms with Gasteiger partial charge in [0.05, 0.1) is 24.8 Å². The van der Waals surface area contributed by atoms with Crippen molar-refractivity contribution < 1.29 is 22.0 Å². The van der Waals surface area contributed by atoms with E-state index in [9.17, 15) is 27.2 Å². The first kappa shape index (κ1) is 32.9. The topological polar surface area (TPSA) is 103 Å². The van der Waals surface area contributed by atoms with Crippen molar-refractivity contribution in [2.75, 3.05) is 31.1 Å². The van der Waals surface area contributed by atoms with Crippen LogP contribution in [0.15, 0.2) is 99.3 Å². The highest BCUT2D eigenvalue weighted by atomic mass is 19.4. The van der Waals surface area contributed by atoms with Crippen molar-refractivity contribution in [1.82, 2.24) is 19.0 Å². The van der Waals surface area contributed by atoms with Gasteiger partial charge in [0.15, 0.2) is 0 Å². The molecule has 13 heteroatoms. The highest BCUT2D eigenvalue weighted by molar-refractivity contribution is 5.54. The number of oxazole rings is 1. The van der Waals surface area contributed by atoms with Gasteiger partial charge < -0.3 is 15.1 Å². The lowest BCUT2D eigenvalue weighted by Crippen LogP contribution is -2.51. The molecule has 0 bridgehead atoms. The summed E-state index contributed by atoms with van der Waals surface area (Å²) in [7, 11) is 0. The van der Waals surface area contributed by atoms with Crippen molar-refractivity contribution in [3.05, 3.63) is 140 Å². The summed E-state index contributed by atoms with van der Waals surface area (Å²) in [6, 6.07) is 18.7. The fraction of sp³-hybridized carbons (Fsp3) is 0.286. The van der Waals surface area contributed by atoms with Crippen LogP contribution in [-0.2, 0) is 25.8 Å². The molecule has 0 radical (unpaired) electrons. The zero-order valence-electron chi connectivity index (χ0n) is 26.2. The number of rotatable bonds is 9. The van der Waals surface area contributed by atoms with Crippen molar-refractivity contribution in [3.63, 3.8) is 0 Å². The van der Waals surface area contributed by atoms with Crippen LogP contribution in [0.2, 0.25) is 0 Å². The summed E-state index contributed by atoms with van der Waals surface area (Å²) in [5.41, 5.74) is 5.98. The number of halogens is 4. The molecule has 3 heterocycles. The number of benzene rings is 3. The smallest absolute Gasteiger partial charge is 0.416 e. The van der Waals surface area contributed by atoms with Gasteiger partial charge in [0.2, 0.25) is 5.89 Å². The zero-order valence-corrected chi connectivity index (χ0v) is 26.2. The lowest BCUT2D eigenvalue weighted by molar-refractivity contribution is -0.138. The van der Waals surface area contributed by atoms with Gasteiger partial charge in [-0.3, -0.25) is 18.8 Å². The molecular formula is C35H34F4N6O3. The minimum atomic E-state index is -4.85. The number of hydrogen-bond acceptors (Lipinski definition) is 7. The number of hydrogen-bond donors (Lipinski definition) is 1. The Morgan fingerprint density at radius 3 is 2.33 bits per heavy atom. The molecule has 0 spiro atoms. The Balaban J connectivity index is 1.33. The van der Waals surface area contributed by atoms with E-state index in [1.807, 2.05) is 29.2 Å². The molecule has 1 aliphatic rings. The lowest BCUT2D eigenvalue weighted by Gasteiger charge is -2.37. The van der Waals surface area contributed by atoms with E-state index in [4.69, 9.17) is 10.2 Å². The van der Waals surface area contributed by atoms with E-state index in [0.29, 0.717) is 44.2 Å². The maximum absolute atomic E-state index is 15.0. The number of anilines is 1. The van der Waals surface area contributed by atoms with Crippen LogP contribution in [0.4, 0.5) is 23.2 Å². The monoisotopic (exact) mass is 662 g/mol. The largest absolute Gasteiger partial charge is 0.445 e. The van der Waals surface area contributed by atoms with Gasteiger partial charge in [-0.1, -0.05) is 48.5 Å². The van der Waals surface area contributed by atoms with Crippen LogP contribution in [0, 0.1) is 12.7 Å². The summed E-state index contributed by atoms with van der Waals surface area (Å²) in [6.07, 6.45) is -1.76. The Morgan fingerprint density at radius 2 is 1.65 bits per heavy atom. The third-order valence-electron chi connectivity index (χ3n) is 8.71. The van der Waals surface area contributed by atoms with Gasteiger partial charge in [0.25, 0.3) is 5.56 Å². The van der Waals surface area contributed by atoms with E-state index < -0.39 is 47.0 Å². The van der Waals surface area contributed by atoms with Crippen molar-refractivity contribution in [2.24, 2.45) is 5.73 Å². The van der Waals surface area contributed by atoms with Crippen LogP contribution < -0.4 is 21.9 Å². The second kappa shape index (κ2) is 13.6. The van der Waals surface area contributed by atoms with E-state index in [1.165, 1.54) is 13.2 Å². The van der Waals surface area contributed by atoms with Crippen molar-refractivity contribution >= 4 is 5.69 Å². The second-order valence-corrected chi connectivity index (χ2v) is 11.8. The van der Waals surface area contributed by atoms with Crippen LogP contribution in [-0.4, -0.2) is 45.2 Å². The SMILES string of the molecule is Cc1c(N2CCN(Cc3cccc(-c4ncco4)c3)CC2)c(=O)n(C[C@@H](N)c2ccccc2)c(=O)n1Cc1c(F)cccc1C(F)(F)F. The summed E-state index contributed by atoms with van der Waals surface area (Å²) in [4.78, 5) is 36.2. The van der Waals surface area contributed by atoms with Crippen LogP contribution in [0.1, 0.15) is 34.0 Å². The first-order valence-electron chi connectivity index (χ1n) is 15.5. The molecule has 0 unspecified atom stereocenters. The van der Waals surface area contributed by atoms with Gasteiger partial charge in [-0.05, 0) is 42.3 Å². The molecule has 1 atom stereocenters. The molecule has 0 amide bonds. The average molecular weight is 663 g/mol. The van der Waals surface area contributed by atoms with Crippen LogP contribution in [0.5, 0.6) is 0 Å². The summed E-state index contributed by atoms with van der Waals surface area (Å²) < 4.78 is 64.3. The summed E-state index contributed by atoms with van der Waals surface area (Å²) >= 11 is 0. The van der Waals surface area contributed by atoms with Crippen molar-refractivity contribution in [2.45, 2.75) is 38.8 Å². The van der Waals surface area contributed by atoms with Gasteiger partial charge in [-0.2, -0.15) is 13.2 Å². The van der Waals surface area contributed by atoms with Gasteiger partial charge >= 0.3 is 11.9 Å². The lowest BCUT2D eigenvalue weighted by atomic mass is 10.1. The van der Waals surface area contributed by atoms with Gasteiger partial charge in [-0.25, -0.2) is 14.2 Å². The van der Waals surface area contributed by atoms with Gasteiger partial charge in [0.1, 0.15) is 17.8 Å². The highest BCUT2D eigenvalue weighted by Crippen LogP contribution is 2.34. The predicted molar refractivity (Wildman–Crippen MR) is 173 cm³/mol. The Hall–Kier alpha value is -5.01. The molecule has 6 rings (SSSR count). The molecule has 3 aromatic carbocycles. The van der Waals surface area contributed by atoms with E-state index in [0.717, 1.165) is 38.5 Å². The maximum Gasteiger partial charge on any atom is 0.416 e. The Labute approximate surface area is 273 Å². The van der Waals surface area contributed by atoms with E-state index in [1.54, 1.807) is 36.5 Å². The minimum Gasteiger partial charge on any atom is -0.445 e. The molecule has 5 aromatic rings. The Kier molecular flexibility index (Phi) is 9.33. The fourth-order valence-electron chi connectivity index (χ4n) is 6.20. The van der Waals surface area contributed by atoms with Crippen LogP contribution in [0.25, 0.3) is 11.5 Å². The normalized spacial score (nSPS) is 14.8. The van der Waals surface area contributed by atoms with E-state index in [-0.39, 0.29) is 17.9 Å². The second-order valence-electron chi connectivity index (χ2n) is 11.8. The quantitative estimate of drug-likeness (QED) is 0.217. The molecule has 2 N–H and O–H groups in total. The van der Waals surface area contributed by atoms with Crippen LogP contribution >= 0.6 is 0 Å². The molecule has 2 aromatic heterocycles. The first-order valence-corrected chi connectivity index (χ1v) is 15.5. The molecule has 250 valence electrons. The van der Waals surface area contributed by atoms with Crippen molar-refractivity contribution in [3.8, 4) is 11.5 Å². The molecule has 9 nitrogen and oxygen atoms in total. The van der Waals surface area contributed by atoms with E-state index >= 15 is 0 Å². The van der Waals surface area contributed by atoms with Gasteiger partial charge in [0, 0.05) is 55.6 Å². The first-order chi connectivity index (χ1) is 23.0. The molecule has 0 saturated carbocycles. The number of piperazine rings is 1. The Bertz CT molecular complexity index is 2000. The molecule has 1 aliphatic heterocycles. The number of aromatic nitrogens is 3. The summed E-state index contributed by atoms with van der Waals surface area (Å²) in [6.45, 7) is 3.14.